The molecule has 2 aromatic rings. The second kappa shape index (κ2) is 6.03. The summed E-state index contributed by atoms with van der Waals surface area (Å²) in [5, 5.41) is 18.6. The van der Waals surface area contributed by atoms with Crippen molar-refractivity contribution in [1.29, 1.82) is 5.26 Å². The molecule has 2 rings (SSSR count). The molecule has 0 aliphatic heterocycles. The maximum atomic E-state index is 12.4. The first-order chi connectivity index (χ1) is 10.6. The van der Waals surface area contributed by atoms with Crippen LogP contribution in [-0.2, 0) is 10.0 Å². The Labute approximate surface area is 136 Å². The average molecular weight is 330 g/mol. The predicted molar refractivity (Wildman–Crippen MR) is 88.3 cm³/mol. The van der Waals surface area contributed by atoms with Crippen molar-refractivity contribution in [3.63, 3.8) is 0 Å². The van der Waals surface area contributed by atoms with Gasteiger partial charge in [0.15, 0.2) is 0 Å². The molecular formula is C17H18N2O3S. The highest BCUT2D eigenvalue weighted by Gasteiger charge is 2.22. The molecule has 0 atom stereocenters. The van der Waals surface area contributed by atoms with Gasteiger partial charge in [0.25, 0.3) is 0 Å². The highest BCUT2D eigenvalue weighted by molar-refractivity contribution is 7.89. The molecule has 0 fully saturated rings. The van der Waals surface area contributed by atoms with Crippen molar-refractivity contribution < 1.29 is 13.5 Å². The molecule has 0 bridgehead atoms. The number of phenols is 1. The molecule has 0 heterocycles. The molecule has 0 unspecified atom stereocenters. The number of nitriles is 1. The van der Waals surface area contributed by atoms with Crippen molar-refractivity contribution in [2.75, 3.05) is 0 Å². The number of rotatable bonds is 3. The minimum absolute atomic E-state index is 0.102. The zero-order valence-electron chi connectivity index (χ0n) is 13.2. The molecular weight excluding hydrogens is 312 g/mol. The summed E-state index contributed by atoms with van der Waals surface area (Å²) in [5.41, 5.74) is 0.871. The monoisotopic (exact) mass is 330 g/mol. The van der Waals surface area contributed by atoms with Crippen molar-refractivity contribution in [2.24, 2.45) is 0 Å². The first-order valence-corrected chi connectivity index (χ1v) is 8.48. The summed E-state index contributed by atoms with van der Waals surface area (Å²) in [5.74, 6) is -0.102. The van der Waals surface area contributed by atoms with Crippen LogP contribution in [0.5, 0.6) is 5.75 Å². The number of phenolic OH excluding ortho intramolecular Hbond substituents is 1. The molecule has 0 aliphatic rings. The van der Waals surface area contributed by atoms with Crippen LogP contribution in [0.2, 0.25) is 0 Å². The molecule has 2 N–H and O–H groups in total. The van der Waals surface area contributed by atoms with E-state index < -0.39 is 15.6 Å². The van der Waals surface area contributed by atoms with E-state index in [-0.39, 0.29) is 16.2 Å². The number of hydrogen-bond acceptors (Lipinski definition) is 4. The maximum absolute atomic E-state index is 12.4. The fourth-order valence-electron chi connectivity index (χ4n) is 2.11. The summed E-state index contributed by atoms with van der Waals surface area (Å²) in [7, 11) is -3.64. The highest BCUT2D eigenvalue weighted by atomic mass is 32.2. The Morgan fingerprint density at radius 3 is 2.35 bits per heavy atom. The van der Waals surface area contributed by atoms with Crippen LogP contribution in [0.3, 0.4) is 0 Å². The zero-order chi connectivity index (χ0) is 17.3. The predicted octanol–water partition coefficient (Wildman–Crippen LogP) is 3.01. The van der Waals surface area contributed by atoms with Gasteiger partial charge in [0.2, 0.25) is 10.0 Å². The molecule has 0 saturated heterocycles. The average Bonchev–Trinajstić information content (AvgIpc) is 2.45. The normalized spacial score (nSPS) is 11.9. The van der Waals surface area contributed by atoms with Gasteiger partial charge in [0.05, 0.1) is 10.5 Å². The first kappa shape index (κ1) is 17.0. The third-order valence-electron chi connectivity index (χ3n) is 3.04. The van der Waals surface area contributed by atoms with Gasteiger partial charge < -0.3 is 5.11 Å². The summed E-state index contributed by atoms with van der Waals surface area (Å²) < 4.78 is 27.4. The molecule has 0 aliphatic carbocycles. The number of benzene rings is 2. The Morgan fingerprint density at radius 1 is 1.09 bits per heavy atom. The fraction of sp³-hybridized carbons (Fsp3) is 0.235. The zero-order valence-corrected chi connectivity index (χ0v) is 14.0. The van der Waals surface area contributed by atoms with Crippen LogP contribution in [-0.4, -0.2) is 19.1 Å². The van der Waals surface area contributed by atoms with Gasteiger partial charge in [-0.1, -0.05) is 18.2 Å². The Kier molecular flexibility index (Phi) is 4.46. The topological polar surface area (TPSA) is 90.2 Å². The molecule has 0 radical (unpaired) electrons. The Hall–Kier alpha value is -2.36. The molecule has 0 amide bonds. The minimum atomic E-state index is -3.64. The van der Waals surface area contributed by atoms with Gasteiger partial charge in [-0.25, -0.2) is 13.1 Å². The summed E-state index contributed by atoms with van der Waals surface area (Å²) in [6.45, 7) is 5.31. The van der Waals surface area contributed by atoms with Gasteiger partial charge in [0.1, 0.15) is 11.8 Å². The fourth-order valence-corrected chi connectivity index (χ4v) is 3.57. The Morgan fingerprint density at radius 2 is 1.74 bits per heavy atom. The first-order valence-electron chi connectivity index (χ1n) is 7.00. The molecule has 0 spiro atoms. The quantitative estimate of drug-likeness (QED) is 0.905. The van der Waals surface area contributed by atoms with Crippen molar-refractivity contribution in [2.45, 2.75) is 31.2 Å². The maximum Gasteiger partial charge on any atom is 0.241 e. The van der Waals surface area contributed by atoms with Crippen LogP contribution in [0, 0.1) is 11.3 Å². The molecule has 23 heavy (non-hydrogen) atoms. The van der Waals surface area contributed by atoms with Crippen molar-refractivity contribution in [3.8, 4) is 22.9 Å². The molecule has 5 nitrogen and oxygen atoms in total. The van der Waals surface area contributed by atoms with Gasteiger partial charge in [-0.2, -0.15) is 5.26 Å². The van der Waals surface area contributed by atoms with Crippen LogP contribution < -0.4 is 4.72 Å². The minimum Gasteiger partial charge on any atom is -0.507 e. The van der Waals surface area contributed by atoms with E-state index in [9.17, 15) is 13.5 Å². The highest BCUT2D eigenvalue weighted by Crippen LogP contribution is 2.27. The van der Waals surface area contributed by atoms with Crippen molar-refractivity contribution in [3.05, 3.63) is 48.0 Å². The van der Waals surface area contributed by atoms with Crippen LogP contribution in [0.4, 0.5) is 0 Å². The van der Waals surface area contributed by atoms with E-state index in [1.165, 1.54) is 18.2 Å². The summed E-state index contributed by atoms with van der Waals surface area (Å²) in [6.07, 6.45) is 0. The lowest BCUT2D eigenvalue weighted by Gasteiger charge is -2.20. The van der Waals surface area contributed by atoms with E-state index >= 15 is 0 Å². The van der Waals surface area contributed by atoms with E-state index in [2.05, 4.69) is 4.72 Å². The van der Waals surface area contributed by atoms with Gasteiger partial charge >= 0.3 is 0 Å². The van der Waals surface area contributed by atoms with Crippen LogP contribution in [0.25, 0.3) is 11.1 Å². The second-order valence-electron chi connectivity index (χ2n) is 6.23. The van der Waals surface area contributed by atoms with E-state index in [1.807, 2.05) is 6.07 Å². The lowest BCUT2D eigenvalue weighted by Crippen LogP contribution is -2.40. The summed E-state index contributed by atoms with van der Waals surface area (Å²) in [4.78, 5) is 0.150. The van der Waals surface area contributed by atoms with E-state index in [4.69, 9.17) is 5.26 Å². The standard InChI is InChI=1S/C17H18N2O3S/c1-17(2,3)19-23(21,22)15-6-4-5-12(10-15)13-7-8-16(20)14(9-13)11-18/h4-10,19-20H,1-3H3. The molecule has 0 saturated carbocycles. The van der Waals surface area contributed by atoms with Gasteiger partial charge in [-0.05, 0) is 56.2 Å². The SMILES string of the molecule is CC(C)(C)NS(=O)(=O)c1cccc(-c2ccc(O)c(C#N)c2)c1. The van der Waals surface area contributed by atoms with Crippen LogP contribution >= 0.6 is 0 Å². The lowest BCUT2D eigenvalue weighted by molar-refractivity contribution is 0.473. The van der Waals surface area contributed by atoms with Crippen LogP contribution in [0.1, 0.15) is 26.3 Å². The van der Waals surface area contributed by atoms with Gasteiger partial charge in [-0.15, -0.1) is 0 Å². The van der Waals surface area contributed by atoms with Gasteiger partial charge in [0, 0.05) is 5.54 Å². The third kappa shape index (κ3) is 4.09. The molecule has 0 aromatic heterocycles. The molecule has 2 aromatic carbocycles. The van der Waals surface area contributed by atoms with Crippen LogP contribution in [0.15, 0.2) is 47.4 Å². The lowest BCUT2D eigenvalue weighted by atomic mass is 10.0. The van der Waals surface area contributed by atoms with E-state index in [0.29, 0.717) is 11.1 Å². The molecule has 6 heteroatoms. The molecule has 120 valence electrons. The number of nitrogens with one attached hydrogen (secondary N) is 1. The largest absolute Gasteiger partial charge is 0.507 e. The number of aromatic hydroxyl groups is 1. The van der Waals surface area contributed by atoms with E-state index in [1.54, 1.807) is 45.0 Å². The van der Waals surface area contributed by atoms with Crippen molar-refractivity contribution >= 4 is 10.0 Å². The summed E-state index contributed by atoms with van der Waals surface area (Å²) in [6, 6.07) is 12.9. The smallest absolute Gasteiger partial charge is 0.241 e. The third-order valence-corrected chi connectivity index (χ3v) is 4.79. The van der Waals surface area contributed by atoms with E-state index in [0.717, 1.165) is 0 Å². The Bertz CT molecular complexity index is 875. The summed E-state index contributed by atoms with van der Waals surface area (Å²) >= 11 is 0. The van der Waals surface area contributed by atoms with Gasteiger partial charge in [-0.3, -0.25) is 0 Å². The number of nitrogens with zero attached hydrogens (tertiary/aromatic N) is 1. The van der Waals surface area contributed by atoms with Crippen molar-refractivity contribution in [1.82, 2.24) is 4.72 Å². The number of hydrogen-bond donors (Lipinski definition) is 2. The second-order valence-corrected chi connectivity index (χ2v) is 7.91. The Balaban J connectivity index is 2.47. The number of sulfonamides is 1.